The van der Waals surface area contributed by atoms with Gasteiger partial charge in [-0.3, -0.25) is 4.68 Å². The molecule has 1 atom stereocenters. The van der Waals surface area contributed by atoms with Gasteiger partial charge in [-0.25, -0.2) is 4.79 Å². The normalized spacial score (nSPS) is 12.4. The predicted molar refractivity (Wildman–Crippen MR) is 99.3 cm³/mol. The fourth-order valence-corrected chi connectivity index (χ4v) is 2.67. The highest BCUT2D eigenvalue weighted by molar-refractivity contribution is 5.89. The summed E-state index contributed by atoms with van der Waals surface area (Å²) in [6.07, 6.45) is 3.45. The van der Waals surface area contributed by atoms with Crippen molar-refractivity contribution in [3.8, 4) is 0 Å². The van der Waals surface area contributed by atoms with Gasteiger partial charge in [-0.15, -0.1) is 0 Å². The molecule has 6 nitrogen and oxygen atoms in total. The van der Waals surface area contributed by atoms with Crippen molar-refractivity contribution in [3.63, 3.8) is 0 Å². The van der Waals surface area contributed by atoms with Gasteiger partial charge in [-0.1, -0.05) is 44.2 Å². The number of nitrogens with zero attached hydrogens (tertiary/aromatic N) is 3. The molecule has 1 heterocycles. The zero-order valence-corrected chi connectivity index (χ0v) is 15.4. The Morgan fingerprint density at radius 3 is 2.44 bits per heavy atom. The maximum Gasteiger partial charge on any atom is 0.322 e. The number of carbonyl (C=O) groups excluding carboxylic acids is 1. The topological polar surface area (TPSA) is 70.4 Å². The van der Waals surface area contributed by atoms with Crippen molar-refractivity contribution in [2.45, 2.75) is 46.3 Å². The number of urea groups is 1. The number of anilines is 1. The quantitative estimate of drug-likeness (QED) is 0.807. The summed E-state index contributed by atoms with van der Waals surface area (Å²) in [5.41, 5.74) is 1.67. The van der Waals surface area contributed by atoms with Crippen molar-refractivity contribution in [2.24, 2.45) is 5.92 Å². The first-order valence-corrected chi connectivity index (χ1v) is 8.69. The van der Waals surface area contributed by atoms with Crippen LogP contribution in [-0.2, 0) is 6.54 Å². The fourth-order valence-electron chi connectivity index (χ4n) is 2.67. The van der Waals surface area contributed by atoms with Crippen LogP contribution in [-0.4, -0.2) is 38.5 Å². The minimum Gasteiger partial charge on any atom is -0.394 e. The van der Waals surface area contributed by atoms with Gasteiger partial charge < -0.3 is 15.3 Å². The standard InChI is InChI=1S/C19H28N4O2/c1-14(2)18(13-24)22(11-16-8-6-5-7-9-16)19(25)21-17-10-20-23(12-17)15(3)4/h5-10,12,14-15,18,24H,11,13H2,1-4H3,(H,21,25). The van der Waals surface area contributed by atoms with Crippen LogP contribution < -0.4 is 5.32 Å². The van der Waals surface area contributed by atoms with Crippen LogP contribution in [0.5, 0.6) is 0 Å². The van der Waals surface area contributed by atoms with E-state index < -0.39 is 0 Å². The van der Waals surface area contributed by atoms with Gasteiger partial charge in [-0.05, 0) is 25.3 Å². The Morgan fingerprint density at radius 1 is 1.24 bits per heavy atom. The first-order valence-electron chi connectivity index (χ1n) is 8.69. The fraction of sp³-hybridized carbons (Fsp3) is 0.474. The van der Waals surface area contributed by atoms with E-state index in [0.717, 1.165) is 5.56 Å². The van der Waals surface area contributed by atoms with Gasteiger partial charge in [0.15, 0.2) is 0 Å². The van der Waals surface area contributed by atoms with Gasteiger partial charge in [-0.2, -0.15) is 5.10 Å². The van der Waals surface area contributed by atoms with Gasteiger partial charge in [0.25, 0.3) is 0 Å². The van der Waals surface area contributed by atoms with Crippen LogP contribution >= 0.6 is 0 Å². The maximum atomic E-state index is 12.9. The highest BCUT2D eigenvalue weighted by Gasteiger charge is 2.26. The summed E-state index contributed by atoms with van der Waals surface area (Å²) in [5, 5.41) is 16.9. The van der Waals surface area contributed by atoms with E-state index in [-0.39, 0.29) is 30.6 Å². The second kappa shape index (κ2) is 8.67. The second-order valence-corrected chi connectivity index (χ2v) is 6.84. The molecule has 1 aromatic heterocycles. The third kappa shape index (κ3) is 5.06. The summed E-state index contributed by atoms with van der Waals surface area (Å²) in [7, 11) is 0. The molecule has 0 radical (unpaired) electrons. The van der Waals surface area contributed by atoms with Crippen molar-refractivity contribution in [2.75, 3.05) is 11.9 Å². The lowest BCUT2D eigenvalue weighted by Gasteiger charge is -2.33. The second-order valence-electron chi connectivity index (χ2n) is 6.84. The molecule has 2 rings (SSSR count). The van der Waals surface area contributed by atoms with Crippen LogP contribution in [0.25, 0.3) is 0 Å². The number of aliphatic hydroxyl groups excluding tert-OH is 1. The van der Waals surface area contributed by atoms with Crippen LogP contribution in [0, 0.1) is 5.92 Å². The smallest absolute Gasteiger partial charge is 0.322 e. The third-order valence-electron chi connectivity index (χ3n) is 4.20. The lowest BCUT2D eigenvalue weighted by atomic mass is 10.0. The first kappa shape index (κ1) is 19.0. The van der Waals surface area contributed by atoms with Gasteiger partial charge >= 0.3 is 6.03 Å². The number of hydrogen-bond acceptors (Lipinski definition) is 3. The number of aliphatic hydroxyl groups is 1. The predicted octanol–water partition coefficient (Wildman–Crippen LogP) is 3.52. The van der Waals surface area contributed by atoms with Crippen molar-refractivity contribution in [1.29, 1.82) is 0 Å². The molecule has 0 aliphatic carbocycles. The minimum atomic E-state index is -0.264. The number of rotatable bonds is 7. The van der Waals surface area contributed by atoms with E-state index >= 15 is 0 Å². The summed E-state index contributed by atoms with van der Waals surface area (Å²) in [6.45, 7) is 8.42. The molecule has 6 heteroatoms. The Bertz CT molecular complexity index is 667. The maximum absolute atomic E-state index is 12.9. The largest absolute Gasteiger partial charge is 0.394 e. The van der Waals surface area contributed by atoms with Crippen LogP contribution in [0.1, 0.15) is 39.3 Å². The lowest BCUT2D eigenvalue weighted by Crippen LogP contribution is -2.47. The van der Waals surface area contributed by atoms with Gasteiger partial charge in [0.1, 0.15) is 0 Å². The van der Waals surface area contributed by atoms with Crippen molar-refractivity contribution >= 4 is 11.7 Å². The number of amides is 2. The Morgan fingerprint density at radius 2 is 1.92 bits per heavy atom. The Labute approximate surface area is 149 Å². The van der Waals surface area contributed by atoms with E-state index in [9.17, 15) is 9.90 Å². The molecule has 1 unspecified atom stereocenters. The van der Waals surface area contributed by atoms with Crippen molar-refractivity contribution < 1.29 is 9.90 Å². The average molecular weight is 344 g/mol. The van der Waals surface area contributed by atoms with Crippen molar-refractivity contribution in [1.82, 2.24) is 14.7 Å². The van der Waals surface area contributed by atoms with Crippen LogP contribution in [0.3, 0.4) is 0 Å². The zero-order chi connectivity index (χ0) is 18.4. The molecular weight excluding hydrogens is 316 g/mol. The van der Waals surface area contributed by atoms with Crippen LogP contribution in [0.2, 0.25) is 0 Å². The van der Waals surface area contributed by atoms with E-state index in [4.69, 9.17) is 0 Å². The molecule has 0 aliphatic rings. The molecule has 0 aliphatic heterocycles. The van der Waals surface area contributed by atoms with Crippen LogP contribution in [0.15, 0.2) is 42.7 Å². The highest BCUT2D eigenvalue weighted by atomic mass is 16.3. The number of benzene rings is 1. The number of hydrogen-bond donors (Lipinski definition) is 2. The van der Waals surface area contributed by atoms with E-state index in [2.05, 4.69) is 10.4 Å². The Balaban J connectivity index is 2.18. The molecule has 0 spiro atoms. The molecule has 25 heavy (non-hydrogen) atoms. The highest BCUT2D eigenvalue weighted by Crippen LogP contribution is 2.18. The Kier molecular flexibility index (Phi) is 6.58. The van der Waals surface area contributed by atoms with Gasteiger partial charge in [0.2, 0.25) is 0 Å². The van der Waals surface area contributed by atoms with E-state index in [1.807, 2.05) is 64.2 Å². The first-order chi connectivity index (χ1) is 11.9. The monoisotopic (exact) mass is 344 g/mol. The van der Waals surface area contributed by atoms with Gasteiger partial charge in [0, 0.05) is 18.8 Å². The molecule has 2 N–H and O–H groups in total. The van der Waals surface area contributed by atoms with E-state index in [1.54, 1.807) is 15.8 Å². The third-order valence-corrected chi connectivity index (χ3v) is 4.20. The van der Waals surface area contributed by atoms with E-state index in [1.165, 1.54) is 0 Å². The number of carbonyl (C=O) groups is 1. The molecule has 0 saturated carbocycles. The summed E-state index contributed by atoms with van der Waals surface area (Å²) >= 11 is 0. The molecule has 136 valence electrons. The molecule has 1 aromatic carbocycles. The summed E-state index contributed by atoms with van der Waals surface area (Å²) in [5.74, 6) is 0.137. The molecule has 2 amide bonds. The minimum absolute atomic E-state index is 0.0802. The SMILES string of the molecule is CC(C)C(CO)N(Cc1ccccc1)C(=O)Nc1cnn(C(C)C)c1. The average Bonchev–Trinajstić information content (AvgIpc) is 3.04. The molecule has 0 bridgehead atoms. The number of nitrogens with one attached hydrogen (secondary N) is 1. The van der Waals surface area contributed by atoms with E-state index in [0.29, 0.717) is 12.2 Å². The summed E-state index contributed by atoms with van der Waals surface area (Å²) in [6, 6.07) is 9.52. The summed E-state index contributed by atoms with van der Waals surface area (Å²) < 4.78 is 1.79. The molecule has 0 saturated heterocycles. The molecule has 2 aromatic rings. The van der Waals surface area contributed by atoms with Crippen LogP contribution in [0.4, 0.5) is 10.5 Å². The Hall–Kier alpha value is -2.34. The zero-order valence-electron chi connectivity index (χ0n) is 15.4. The summed E-state index contributed by atoms with van der Waals surface area (Å²) in [4.78, 5) is 14.6. The molecule has 0 fully saturated rings. The lowest BCUT2D eigenvalue weighted by molar-refractivity contribution is 0.110. The van der Waals surface area contributed by atoms with Crippen molar-refractivity contribution in [3.05, 3.63) is 48.3 Å². The van der Waals surface area contributed by atoms with Gasteiger partial charge in [0.05, 0.1) is 24.5 Å². The molecular formula is C19H28N4O2. The number of aromatic nitrogens is 2.